The summed E-state index contributed by atoms with van der Waals surface area (Å²) in [5.74, 6) is 0.498. The van der Waals surface area contributed by atoms with Crippen LogP contribution in [0.1, 0.15) is 19.4 Å². The highest BCUT2D eigenvalue weighted by Crippen LogP contribution is 2.18. The van der Waals surface area contributed by atoms with Gasteiger partial charge >= 0.3 is 0 Å². The van der Waals surface area contributed by atoms with Crippen molar-refractivity contribution in [3.8, 4) is 0 Å². The molecule has 2 N–H and O–H groups in total. The Bertz CT molecular complexity index is 385. The minimum absolute atomic E-state index is 0.244. The van der Waals surface area contributed by atoms with E-state index < -0.39 is 0 Å². The van der Waals surface area contributed by atoms with Crippen molar-refractivity contribution < 1.29 is 4.39 Å². The van der Waals surface area contributed by atoms with Crippen LogP contribution in [0.2, 0.25) is 0 Å². The van der Waals surface area contributed by atoms with Crippen molar-refractivity contribution in [3.63, 3.8) is 0 Å². The second-order valence-corrected chi connectivity index (χ2v) is 4.32. The van der Waals surface area contributed by atoms with Crippen molar-refractivity contribution in [2.75, 3.05) is 13.1 Å². The summed E-state index contributed by atoms with van der Waals surface area (Å²) in [6.45, 7) is 6.05. The number of hydrogen-bond acceptors (Lipinski definition) is 1. The second kappa shape index (κ2) is 7.27. The maximum absolute atomic E-state index is 13.1. The first-order valence-corrected chi connectivity index (χ1v) is 6.42. The Morgan fingerprint density at radius 3 is 2.53 bits per heavy atom. The highest BCUT2D eigenvalue weighted by Gasteiger charge is 2.02. The molecule has 0 atom stereocenters. The van der Waals surface area contributed by atoms with Crippen LogP contribution in [-0.2, 0) is 6.54 Å². The number of halogens is 2. The molecule has 0 aliphatic carbocycles. The van der Waals surface area contributed by atoms with Gasteiger partial charge in [0.05, 0.1) is 6.54 Å². The van der Waals surface area contributed by atoms with Crippen LogP contribution in [0.4, 0.5) is 4.39 Å². The Kier molecular flexibility index (Phi) is 5.97. The average Bonchev–Trinajstić information content (AvgIpc) is 2.30. The van der Waals surface area contributed by atoms with E-state index in [-0.39, 0.29) is 5.82 Å². The van der Waals surface area contributed by atoms with E-state index in [2.05, 4.69) is 31.6 Å². The van der Waals surface area contributed by atoms with E-state index in [1.54, 1.807) is 6.07 Å². The SMILES string of the molecule is CCNC(=NCc1cc(F)ccc1Br)NCC. The maximum Gasteiger partial charge on any atom is 0.191 e. The van der Waals surface area contributed by atoms with Gasteiger partial charge in [0, 0.05) is 17.6 Å². The van der Waals surface area contributed by atoms with Crippen LogP contribution in [-0.4, -0.2) is 19.0 Å². The van der Waals surface area contributed by atoms with Gasteiger partial charge in [0.2, 0.25) is 0 Å². The molecular weight excluding hydrogens is 285 g/mol. The minimum atomic E-state index is -0.244. The van der Waals surface area contributed by atoms with Crippen LogP contribution in [0.3, 0.4) is 0 Å². The molecule has 0 radical (unpaired) electrons. The summed E-state index contributed by atoms with van der Waals surface area (Å²) >= 11 is 3.38. The van der Waals surface area contributed by atoms with Gasteiger partial charge in [0.25, 0.3) is 0 Å². The van der Waals surface area contributed by atoms with E-state index in [1.165, 1.54) is 12.1 Å². The first-order valence-electron chi connectivity index (χ1n) is 5.63. The molecule has 0 fully saturated rings. The van der Waals surface area contributed by atoms with Crippen LogP contribution >= 0.6 is 15.9 Å². The monoisotopic (exact) mass is 301 g/mol. The summed E-state index contributed by atoms with van der Waals surface area (Å²) in [6, 6.07) is 4.61. The number of aliphatic imine (C=N–C) groups is 1. The van der Waals surface area contributed by atoms with E-state index >= 15 is 0 Å². The number of rotatable bonds is 4. The molecule has 5 heteroatoms. The predicted octanol–water partition coefficient (Wildman–Crippen LogP) is 2.66. The summed E-state index contributed by atoms with van der Waals surface area (Å²) in [5.41, 5.74) is 0.832. The van der Waals surface area contributed by atoms with Crippen LogP contribution in [0.25, 0.3) is 0 Å². The van der Waals surface area contributed by atoms with Crippen molar-refractivity contribution in [2.24, 2.45) is 4.99 Å². The van der Waals surface area contributed by atoms with Crippen molar-refractivity contribution in [1.29, 1.82) is 0 Å². The molecule has 94 valence electrons. The molecule has 0 aliphatic rings. The lowest BCUT2D eigenvalue weighted by Gasteiger charge is -2.09. The van der Waals surface area contributed by atoms with E-state index in [4.69, 9.17) is 0 Å². The Hall–Kier alpha value is -1.10. The topological polar surface area (TPSA) is 36.4 Å². The molecule has 1 aromatic carbocycles. The fraction of sp³-hybridized carbons (Fsp3) is 0.417. The molecule has 0 saturated carbocycles. The summed E-state index contributed by atoms with van der Waals surface area (Å²) < 4.78 is 13.9. The van der Waals surface area contributed by atoms with Crippen molar-refractivity contribution >= 4 is 21.9 Å². The average molecular weight is 302 g/mol. The smallest absolute Gasteiger partial charge is 0.191 e. The molecule has 3 nitrogen and oxygen atoms in total. The fourth-order valence-electron chi connectivity index (χ4n) is 1.34. The Labute approximate surface area is 110 Å². The van der Waals surface area contributed by atoms with Gasteiger partial charge in [-0.05, 0) is 37.6 Å². The molecular formula is C12H17BrFN3. The fourth-order valence-corrected chi connectivity index (χ4v) is 1.71. The zero-order valence-corrected chi connectivity index (χ0v) is 11.6. The second-order valence-electron chi connectivity index (χ2n) is 3.46. The molecule has 0 bridgehead atoms. The molecule has 0 spiro atoms. The molecule has 1 aromatic rings. The van der Waals surface area contributed by atoms with Crippen molar-refractivity contribution in [1.82, 2.24) is 10.6 Å². The highest BCUT2D eigenvalue weighted by molar-refractivity contribution is 9.10. The summed E-state index contributed by atoms with van der Waals surface area (Å²) in [7, 11) is 0. The van der Waals surface area contributed by atoms with Crippen LogP contribution in [0, 0.1) is 5.82 Å². The van der Waals surface area contributed by atoms with Gasteiger partial charge in [-0.25, -0.2) is 9.38 Å². The maximum atomic E-state index is 13.1. The van der Waals surface area contributed by atoms with Crippen molar-refractivity contribution in [3.05, 3.63) is 34.1 Å². The van der Waals surface area contributed by atoms with E-state index in [9.17, 15) is 4.39 Å². The van der Waals surface area contributed by atoms with Gasteiger partial charge in [-0.2, -0.15) is 0 Å². The third-order valence-electron chi connectivity index (χ3n) is 2.10. The predicted molar refractivity (Wildman–Crippen MR) is 72.6 cm³/mol. The minimum Gasteiger partial charge on any atom is -0.357 e. The lowest BCUT2D eigenvalue weighted by molar-refractivity contribution is 0.625. The van der Waals surface area contributed by atoms with Gasteiger partial charge in [-0.1, -0.05) is 15.9 Å². The van der Waals surface area contributed by atoms with Crippen LogP contribution in [0.15, 0.2) is 27.7 Å². The largest absolute Gasteiger partial charge is 0.357 e. The number of guanidine groups is 1. The zero-order valence-electron chi connectivity index (χ0n) is 10.1. The molecule has 17 heavy (non-hydrogen) atoms. The Balaban J connectivity index is 2.74. The van der Waals surface area contributed by atoms with Crippen molar-refractivity contribution in [2.45, 2.75) is 20.4 Å². The molecule has 0 aliphatic heterocycles. The van der Waals surface area contributed by atoms with Gasteiger partial charge in [0.1, 0.15) is 5.82 Å². The van der Waals surface area contributed by atoms with Gasteiger partial charge < -0.3 is 10.6 Å². The summed E-state index contributed by atoms with van der Waals surface area (Å²) in [4.78, 5) is 4.37. The normalized spacial score (nSPS) is 9.88. The first kappa shape index (κ1) is 14.0. The van der Waals surface area contributed by atoms with Crippen LogP contribution in [0.5, 0.6) is 0 Å². The van der Waals surface area contributed by atoms with Crippen LogP contribution < -0.4 is 10.6 Å². The third-order valence-corrected chi connectivity index (χ3v) is 2.88. The molecule has 0 saturated heterocycles. The van der Waals surface area contributed by atoms with E-state index in [0.29, 0.717) is 6.54 Å². The third kappa shape index (κ3) is 4.73. The summed E-state index contributed by atoms with van der Waals surface area (Å²) in [6.07, 6.45) is 0. The lowest BCUT2D eigenvalue weighted by atomic mass is 10.2. The van der Waals surface area contributed by atoms with E-state index in [1.807, 2.05) is 13.8 Å². The number of nitrogens with zero attached hydrogens (tertiary/aromatic N) is 1. The molecule has 1 rings (SSSR count). The van der Waals surface area contributed by atoms with Gasteiger partial charge in [0.15, 0.2) is 5.96 Å². The van der Waals surface area contributed by atoms with Gasteiger partial charge in [-0.3, -0.25) is 0 Å². The van der Waals surface area contributed by atoms with Gasteiger partial charge in [-0.15, -0.1) is 0 Å². The molecule has 0 heterocycles. The number of hydrogen-bond donors (Lipinski definition) is 2. The lowest BCUT2D eigenvalue weighted by Crippen LogP contribution is -2.36. The number of nitrogens with one attached hydrogen (secondary N) is 2. The highest BCUT2D eigenvalue weighted by atomic mass is 79.9. The molecule has 0 unspecified atom stereocenters. The quantitative estimate of drug-likeness (QED) is 0.663. The number of benzene rings is 1. The first-order chi connectivity index (χ1) is 8.17. The van der Waals surface area contributed by atoms with E-state index in [0.717, 1.165) is 29.1 Å². The Morgan fingerprint density at radius 2 is 1.94 bits per heavy atom. The zero-order chi connectivity index (χ0) is 12.7. The Morgan fingerprint density at radius 1 is 1.29 bits per heavy atom. The summed E-state index contributed by atoms with van der Waals surface area (Å²) in [5, 5.41) is 6.24. The standard InChI is InChI=1S/C12H17BrFN3/c1-3-15-12(16-4-2)17-8-9-7-10(14)5-6-11(9)13/h5-7H,3-4,8H2,1-2H3,(H2,15,16,17). The molecule has 0 amide bonds. The molecule has 0 aromatic heterocycles.